The SMILES string of the molecule is C[C@@H](OC(=O)c1cc2c(s1)CCC2)C(=O)N(C)Cc1ccccc1. The van der Waals surface area contributed by atoms with E-state index in [9.17, 15) is 9.59 Å². The van der Waals surface area contributed by atoms with Crippen molar-refractivity contribution in [3.8, 4) is 0 Å². The summed E-state index contributed by atoms with van der Waals surface area (Å²) < 4.78 is 5.37. The van der Waals surface area contributed by atoms with Crippen molar-refractivity contribution in [2.75, 3.05) is 7.05 Å². The van der Waals surface area contributed by atoms with E-state index >= 15 is 0 Å². The van der Waals surface area contributed by atoms with Crippen LogP contribution in [0.5, 0.6) is 0 Å². The van der Waals surface area contributed by atoms with Crippen LogP contribution in [0.25, 0.3) is 0 Å². The number of amides is 1. The number of carbonyl (C=O) groups is 2. The molecule has 0 N–H and O–H groups in total. The zero-order valence-corrected chi connectivity index (χ0v) is 14.8. The third-order valence-electron chi connectivity index (χ3n) is 4.22. The summed E-state index contributed by atoms with van der Waals surface area (Å²) in [7, 11) is 1.72. The van der Waals surface area contributed by atoms with E-state index < -0.39 is 12.1 Å². The third kappa shape index (κ3) is 3.67. The van der Waals surface area contributed by atoms with Gasteiger partial charge in [-0.15, -0.1) is 11.3 Å². The number of ether oxygens (including phenoxy) is 1. The van der Waals surface area contributed by atoms with Crippen molar-refractivity contribution in [2.24, 2.45) is 0 Å². The van der Waals surface area contributed by atoms with Crippen molar-refractivity contribution in [1.29, 1.82) is 0 Å². The van der Waals surface area contributed by atoms with Crippen LogP contribution in [0.1, 0.15) is 39.0 Å². The van der Waals surface area contributed by atoms with Gasteiger partial charge in [-0.1, -0.05) is 30.3 Å². The average Bonchev–Trinajstić information content (AvgIpc) is 3.16. The number of aryl methyl sites for hydroxylation is 2. The van der Waals surface area contributed by atoms with Gasteiger partial charge < -0.3 is 9.64 Å². The van der Waals surface area contributed by atoms with E-state index in [1.54, 1.807) is 18.9 Å². The van der Waals surface area contributed by atoms with Crippen LogP contribution in [0.3, 0.4) is 0 Å². The van der Waals surface area contributed by atoms with Gasteiger partial charge >= 0.3 is 5.97 Å². The molecule has 1 aliphatic carbocycles. The fraction of sp³-hybridized carbons (Fsp3) is 0.368. The average molecular weight is 343 g/mol. The molecule has 0 saturated carbocycles. The second-order valence-corrected chi connectivity index (χ2v) is 7.28. The highest BCUT2D eigenvalue weighted by atomic mass is 32.1. The molecular weight excluding hydrogens is 322 g/mol. The minimum atomic E-state index is -0.789. The van der Waals surface area contributed by atoms with Crippen LogP contribution in [-0.2, 0) is 28.9 Å². The van der Waals surface area contributed by atoms with Crippen molar-refractivity contribution in [3.63, 3.8) is 0 Å². The maximum atomic E-state index is 12.4. The Balaban J connectivity index is 1.57. The summed E-state index contributed by atoms with van der Waals surface area (Å²) in [6.45, 7) is 2.12. The van der Waals surface area contributed by atoms with Gasteiger partial charge in [0.25, 0.3) is 5.91 Å². The second kappa shape index (κ2) is 7.18. The maximum absolute atomic E-state index is 12.4. The highest BCUT2D eigenvalue weighted by Gasteiger charge is 2.25. The number of hydrogen-bond acceptors (Lipinski definition) is 4. The Kier molecular flexibility index (Phi) is 5.00. The van der Waals surface area contributed by atoms with Crippen molar-refractivity contribution in [2.45, 2.75) is 38.8 Å². The van der Waals surface area contributed by atoms with E-state index in [2.05, 4.69) is 0 Å². The lowest BCUT2D eigenvalue weighted by molar-refractivity contribution is -0.139. The number of carbonyl (C=O) groups excluding carboxylic acids is 2. The van der Waals surface area contributed by atoms with Crippen LogP contribution >= 0.6 is 11.3 Å². The van der Waals surface area contributed by atoms with Crippen LogP contribution in [0.4, 0.5) is 0 Å². The van der Waals surface area contributed by atoms with E-state index in [1.165, 1.54) is 21.8 Å². The second-order valence-electron chi connectivity index (χ2n) is 6.14. The van der Waals surface area contributed by atoms with Gasteiger partial charge in [-0.3, -0.25) is 4.79 Å². The molecule has 0 aliphatic heterocycles. The first-order valence-electron chi connectivity index (χ1n) is 8.16. The lowest BCUT2D eigenvalue weighted by atomic mass is 10.2. The Morgan fingerprint density at radius 2 is 2.00 bits per heavy atom. The Bertz CT molecular complexity index is 717. The molecule has 0 radical (unpaired) electrons. The van der Waals surface area contributed by atoms with Crippen LogP contribution in [-0.4, -0.2) is 29.9 Å². The molecule has 24 heavy (non-hydrogen) atoms. The van der Waals surface area contributed by atoms with Crippen molar-refractivity contribution >= 4 is 23.2 Å². The van der Waals surface area contributed by atoms with Gasteiger partial charge in [0.05, 0.1) is 0 Å². The van der Waals surface area contributed by atoms with Gasteiger partial charge in [0.1, 0.15) is 4.88 Å². The number of hydrogen-bond donors (Lipinski definition) is 0. The highest BCUT2D eigenvalue weighted by Crippen LogP contribution is 2.31. The molecular formula is C19H21NO3S. The van der Waals surface area contributed by atoms with E-state index in [4.69, 9.17) is 4.74 Å². The first kappa shape index (κ1) is 16.7. The van der Waals surface area contributed by atoms with Gasteiger partial charge in [0, 0.05) is 18.5 Å². The Labute approximate surface area is 146 Å². The number of benzene rings is 1. The summed E-state index contributed by atoms with van der Waals surface area (Å²) in [5.41, 5.74) is 2.30. The molecule has 2 aromatic rings. The lowest BCUT2D eigenvalue weighted by Crippen LogP contribution is -2.37. The van der Waals surface area contributed by atoms with Crippen LogP contribution in [0.15, 0.2) is 36.4 Å². The third-order valence-corrected chi connectivity index (χ3v) is 5.44. The minimum absolute atomic E-state index is 0.198. The fourth-order valence-corrected chi connectivity index (χ4v) is 4.08. The predicted octanol–water partition coefficient (Wildman–Crippen LogP) is 3.44. The summed E-state index contributed by atoms with van der Waals surface area (Å²) in [5.74, 6) is -0.598. The van der Waals surface area contributed by atoms with Gasteiger partial charge in [-0.25, -0.2) is 4.79 Å². The number of thiophene rings is 1. The molecule has 1 aromatic heterocycles. The topological polar surface area (TPSA) is 46.6 Å². The predicted molar refractivity (Wildman–Crippen MR) is 94.1 cm³/mol. The summed E-state index contributed by atoms with van der Waals surface area (Å²) >= 11 is 1.50. The molecule has 4 nitrogen and oxygen atoms in total. The first-order chi connectivity index (χ1) is 11.5. The van der Waals surface area contributed by atoms with Gasteiger partial charge in [-0.05, 0) is 43.4 Å². The molecule has 0 spiro atoms. The van der Waals surface area contributed by atoms with Crippen LogP contribution in [0.2, 0.25) is 0 Å². The van der Waals surface area contributed by atoms with E-state index in [-0.39, 0.29) is 5.91 Å². The normalized spacial score (nSPS) is 14.1. The molecule has 0 bridgehead atoms. The lowest BCUT2D eigenvalue weighted by Gasteiger charge is -2.21. The summed E-state index contributed by atoms with van der Waals surface area (Å²) in [5, 5.41) is 0. The van der Waals surface area contributed by atoms with Crippen molar-refractivity contribution in [1.82, 2.24) is 4.90 Å². The summed E-state index contributed by atoms with van der Waals surface area (Å²) in [4.78, 5) is 28.1. The zero-order chi connectivity index (χ0) is 17.1. The number of likely N-dealkylation sites (N-methyl/N-ethyl adjacent to an activating group) is 1. The van der Waals surface area contributed by atoms with Crippen LogP contribution in [0, 0.1) is 0 Å². The monoisotopic (exact) mass is 343 g/mol. The molecule has 1 amide bonds. The molecule has 0 fully saturated rings. The first-order valence-corrected chi connectivity index (χ1v) is 8.97. The van der Waals surface area contributed by atoms with Gasteiger partial charge in [0.15, 0.2) is 6.10 Å². The zero-order valence-electron chi connectivity index (χ0n) is 14.0. The quantitative estimate of drug-likeness (QED) is 0.781. The Morgan fingerprint density at radius 1 is 1.25 bits per heavy atom. The molecule has 0 unspecified atom stereocenters. The number of fused-ring (bicyclic) bond motifs is 1. The summed E-state index contributed by atoms with van der Waals surface area (Å²) in [6, 6.07) is 11.7. The van der Waals surface area contributed by atoms with E-state index in [1.807, 2.05) is 36.4 Å². The number of esters is 1. The van der Waals surface area contributed by atoms with E-state index in [0.29, 0.717) is 11.4 Å². The van der Waals surface area contributed by atoms with Gasteiger partial charge in [0.2, 0.25) is 0 Å². The molecule has 5 heteroatoms. The maximum Gasteiger partial charge on any atom is 0.349 e. The van der Waals surface area contributed by atoms with E-state index in [0.717, 1.165) is 24.8 Å². The van der Waals surface area contributed by atoms with Crippen molar-refractivity contribution < 1.29 is 14.3 Å². The smallest absolute Gasteiger partial charge is 0.349 e. The fourth-order valence-electron chi connectivity index (χ4n) is 2.94. The highest BCUT2D eigenvalue weighted by molar-refractivity contribution is 7.14. The molecule has 1 heterocycles. The number of rotatable bonds is 5. The summed E-state index contributed by atoms with van der Waals surface area (Å²) in [6.07, 6.45) is 2.45. The van der Waals surface area contributed by atoms with Gasteiger partial charge in [-0.2, -0.15) is 0 Å². The molecule has 3 rings (SSSR count). The minimum Gasteiger partial charge on any atom is -0.448 e. The standard InChI is InChI=1S/C19H21NO3S/c1-13(18(21)20(2)12-14-7-4-3-5-8-14)23-19(22)17-11-15-9-6-10-16(15)24-17/h3-5,7-8,11,13H,6,9-10,12H2,1-2H3/t13-/m1/s1. The molecule has 1 atom stereocenters. The molecule has 1 aromatic carbocycles. The molecule has 1 aliphatic rings. The number of nitrogens with zero attached hydrogens (tertiary/aromatic N) is 1. The Hall–Kier alpha value is -2.14. The largest absolute Gasteiger partial charge is 0.448 e. The molecule has 0 saturated heterocycles. The molecule has 126 valence electrons. The van der Waals surface area contributed by atoms with Crippen molar-refractivity contribution in [3.05, 3.63) is 57.3 Å². The van der Waals surface area contributed by atoms with Crippen LogP contribution < -0.4 is 0 Å². The Morgan fingerprint density at radius 3 is 2.71 bits per heavy atom.